The van der Waals surface area contributed by atoms with E-state index in [-0.39, 0.29) is 5.75 Å². The third-order valence-corrected chi connectivity index (χ3v) is 2.82. The predicted molar refractivity (Wildman–Crippen MR) is 56.3 cm³/mol. The van der Waals surface area contributed by atoms with Crippen molar-refractivity contribution in [1.29, 1.82) is 0 Å². The number of halogens is 5. The Morgan fingerprint density at radius 3 is 2.57 bits per heavy atom. The highest BCUT2D eigenvalue weighted by Crippen LogP contribution is 2.29. The number of pyridine rings is 1. The van der Waals surface area contributed by atoms with Crippen molar-refractivity contribution >= 4 is 38.5 Å². The number of hydrogen-bond acceptors (Lipinski definition) is 2. The van der Waals surface area contributed by atoms with Crippen molar-refractivity contribution < 1.29 is 17.9 Å². The van der Waals surface area contributed by atoms with Crippen molar-refractivity contribution in [3.05, 3.63) is 21.5 Å². The molecule has 1 heterocycles. The SMILES string of the molecule is FC(F)(F)Oc1cncc(I)c1CBr. The van der Waals surface area contributed by atoms with Crippen LogP contribution in [0, 0.1) is 3.57 Å². The quantitative estimate of drug-likeness (QED) is 0.578. The van der Waals surface area contributed by atoms with Gasteiger partial charge >= 0.3 is 6.36 Å². The summed E-state index contributed by atoms with van der Waals surface area (Å²) in [7, 11) is 0. The molecular weight excluding hydrogens is 378 g/mol. The van der Waals surface area contributed by atoms with Gasteiger partial charge in [0.2, 0.25) is 0 Å². The Bertz CT molecular complexity index is 331. The van der Waals surface area contributed by atoms with E-state index in [1.54, 1.807) is 0 Å². The highest BCUT2D eigenvalue weighted by molar-refractivity contribution is 14.1. The van der Waals surface area contributed by atoms with E-state index >= 15 is 0 Å². The van der Waals surface area contributed by atoms with E-state index < -0.39 is 6.36 Å². The second-order valence-corrected chi connectivity index (χ2v) is 4.00. The summed E-state index contributed by atoms with van der Waals surface area (Å²) in [6, 6.07) is 0. The van der Waals surface area contributed by atoms with Crippen LogP contribution in [-0.4, -0.2) is 11.3 Å². The summed E-state index contributed by atoms with van der Waals surface area (Å²) in [5, 5.41) is 0.291. The van der Waals surface area contributed by atoms with E-state index in [2.05, 4.69) is 25.7 Å². The largest absolute Gasteiger partial charge is 0.573 e. The zero-order valence-corrected chi connectivity index (χ0v) is 10.4. The molecule has 78 valence electrons. The first-order chi connectivity index (χ1) is 6.44. The molecule has 0 unspecified atom stereocenters. The molecule has 1 aromatic heterocycles. The number of rotatable bonds is 2. The van der Waals surface area contributed by atoms with Gasteiger partial charge in [-0.15, -0.1) is 13.2 Å². The molecule has 0 aliphatic heterocycles. The molecule has 0 radical (unpaired) electrons. The van der Waals surface area contributed by atoms with Crippen LogP contribution in [0.4, 0.5) is 13.2 Å². The number of ether oxygens (including phenoxy) is 1. The molecule has 0 N–H and O–H groups in total. The van der Waals surface area contributed by atoms with E-state index in [1.165, 1.54) is 6.20 Å². The molecule has 2 nitrogen and oxygen atoms in total. The second kappa shape index (κ2) is 4.65. The average Bonchev–Trinajstić information content (AvgIpc) is 2.01. The summed E-state index contributed by atoms with van der Waals surface area (Å²) in [5.41, 5.74) is 0.443. The van der Waals surface area contributed by atoms with Gasteiger partial charge in [-0.05, 0) is 22.6 Å². The van der Waals surface area contributed by atoms with Crippen molar-refractivity contribution in [3.8, 4) is 5.75 Å². The molecule has 14 heavy (non-hydrogen) atoms. The molecule has 1 aromatic rings. The van der Waals surface area contributed by atoms with Gasteiger partial charge in [-0.2, -0.15) is 0 Å². The van der Waals surface area contributed by atoms with Crippen molar-refractivity contribution in [3.63, 3.8) is 0 Å². The van der Waals surface area contributed by atoms with Crippen molar-refractivity contribution in [2.75, 3.05) is 0 Å². The molecule has 0 saturated heterocycles. The maximum absolute atomic E-state index is 11.9. The Morgan fingerprint density at radius 2 is 2.07 bits per heavy atom. The molecule has 0 aliphatic carbocycles. The maximum atomic E-state index is 11.9. The van der Waals surface area contributed by atoms with Crippen LogP contribution in [-0.2, 0) is 5.33 Å². The fraction of sp³-hybridized carbons (Fsp3) is 0.286. The molecule has 0 fully saturated rings. The number of hydrogen-bond donors (Lipinski definition) is 0. The molecule has 0 aromatic carbocycles. The highest BCUT2D eigenvalue weighted by Gasteiger charge is 2.32. The zero-order chi connectivity index (χ0) is 10.8. The molecule has 1 rings (SSSR count). The fourth-order valence-electron chi connectivity index (χ4n) is 0.786. The molecule has 0 spiro atoms. The third-order valence-electron chi connectivity index (χ3n) is 1.32. The van der Waals surface area contributed by atoms with Gasteiger partial charge in [-0.1, -0.05) is 15.9 Å². The zero-order valence-electron chi connectivity index (χ0n) is 6.61. The predicted octanol–water partition coefficient (Wildman–Crippen LogP) is 3.48. The normalized spacial score (nSPS) is 11.5. The average molecular weight is 382 g/mol. The van der Waals surface area contributed by atoms with Crippen molar-refractivity contribution in [1.82, 2.24) is 4.98 Å². The van der Waals surface area contributed by atoms with Gasteiger partial charge in [0.1, 0.15) is 0 Å². The van der Waals surface area contributed by atoms with Gasteiger partial charge in [0.25, 0.3) is 0 Å². The maximum Gasteiger partial charge on any atom is 0.573 e. The number of nitrogens with zero attached hydrogens (tertiary/aromatic N) is 1. The Balaban J connectivity index is 3.02. The lowest BCUT2D eigenvalue weighted by molar-refractivity contribution is -0.275. The third kappa shape index (κ3) is 3.26. The lowest BCUT2D eigenvalue weighted by atomic mass is 10.3. The summed E-state index contributed by atoms with van der Waals surface area (Å²) in [4.78, 5) is 3.62. The number of aromatic nitrogens is 1. The van der Waals surface area contributed by atoms with E-state index in [0.29, 0.717) is 14.5 Å². The summed E-state index contributed by atoms with van der Waals surface area (Å²) in [6.07, 6.45) is -2.16. The van der Waals surface area contributed by atoms with Gasteiger partial charge in [0.05, 0.1) is 6.20 Å². The molecule has 0 aliphatic rings. The number of alkyl halides is 4. The minimum absolute atomic E-state index is 0.263. The smallest absolute Gasteiger partial charge is 0.404 e. The van der Waals surface area contributed by atoms with E-state index in [0.717, 1.165) is 6.20 Å². The monoisotopic (exact) mass is 381 g/mol. The van der Waals surface area contributed by atoms with Crippen molar-refractivity contribution in [2.24, 2.45) is 0 Å². The Labute approximate surface area is 100 Å². The molecule has 7 heteroatoms. The summed E-state index contributed by atoms with van der Waals surface area (Å²) < 4.78 is 40.2. The van der Waals surface area contributed by atoms with Gasteiger partial charge in [0.15, 0.2) is 5.75 Å². The molecule has 0 bridgehead atoms. The van der Waals surface area contributed by atoms with Crippen LogP contribution in [0.15, 0.2) is 12.4 Å². The van der Waals surface area contributed by atoms with E-state index in [9.17, 15) is 13.2 Å². The summed E-state index contributed by atoms with van der Waals surface area (Å²) in [6.45, 7) is 0. The fourth-order valence-corrected chi connectivity index (χ4v) is 2.51. The van der Waals surface area contributed by atoms with Gasteiger partial charge in [-0.3, -0.25) is 4.98 Å². The minimum atomic E-state index is -4.68. The Morgan fingerprint density at radius 1 is 1.43 bits per heavy atom. The summed E-state index contributed by atoms with van der Waals surface area (Å²) >= 11 is 4.98. The van der Waals surface area contributed by atoms with Crippen LogP contribution in [0.1, 0.15) is 5.56 Å². The van der Waals surface area contributed by atoms with E-state index in [1.807, 2.05) is 22.6 Å². The van der Waals surface area contributed by atoms with Crippen molar-refractivity contribution in [2.45, 2.75) is 11.7 Å². The van der Waals surface area contributed by atoms with E-state index in [4.69, 9.17) is 0 Å². The lowest BCUT2D eigenvalue weighted by Crippen LogP contribution is -2.18. The second-order valence-electron chi connectivity index (χ2n) is 2.28. The standard InChI is InChI=1S/C7H4BrF3INO/c8-1-4-5(12)2-13-3-6(4)14-7(9,10)11/h2-3H,1H2. The Kier molecular flexibility index (Phi) is 3.99. The topological polar surface area (TPSA) is 22.1 Å². The summed E-state index contributed by atoms with van der Waals surface area (Å²) in [5.74, 6) is -0.263. The molecule has 0 atom stereocenters. The first-order valence-electron chi connectivity index (χ1n) is 3.38. The molecule has 0 saturated carbocycles. The van der Waals surface area contributed by atoms with Crippen LogP contribution in [0.5, 0.6) is 5.75 Å². The first-order valence-corrected chi connectivity index (χ1v) is 5.58. The Hall–Kier alpha value is -0.0500. The molecule has 0 amide bonds. The first kappa shape index (κ1) is 12.0. The van der Waals surface area contributed by atoms with Crippen LogP contribution >= 0.6 is 38.5 Å². The lowest BCUT2D eigenvalue weighted by Gasteiger charge is -2.12. The minimum Gasteiger partial charge on any atom is -0.404 e. The van der Waals surface area contributed by atoms with Gasteiger partial charge < -0.3 is 4.74 Å². The van der Waals surface area contributed by atoms with Gasteiger partial charge in [0, 0.05) is 20.7 Å². The van der Waals surface area contributed by atoms with Crippen LogP contribution in [0.2, 0.25) is 0 Å². The van der Waals surface area contributed by atoms with Crippen LogP contribution < -0.4 is 4.74 Å². The van der Waals surface area contributed by atoms with Crippen LogP contribution in [0.25, 0.3) is 0 Å². The van der Waals surface area contributed by atoms with Crippen LogP contribution in [0.3, 0.4) is 0 Å². The highest BCUT2D eigenvalue weighted by atomic mass is 127. The van der Waals surface area contributed by atoms with Gasteiger partial charge in [-0.25, -0.2) is 0 Å². The molecular formula is C7H4BrF3INO.